The highest BCUT2D eigenvalue weighted by atomic mass is 16.5. The molecule has 0 spiro atoms. The van der Waals surface area contributed by atoms with Crippen LogP contribution in [0, 0.1) is 6.92 Å². The van der Waals surface area contributed by atoms with E-state index >= 15 is 0 Å². The van der Waals surface area contributed by atoms with Crippen LogP contribution in [-0.2, 0) is 6.54 Å². The van der Waals surface area contributed by atoms with E-state index in [2.05, 4.69) is 46.8 Å². The van der Waals surface area contributed by atoms with Crippen LogP contribution in [0.15, 0.2) is 60.8 Å². The number of hydrogen-bond donors (Lipinski definition) is 2. The number of benzene rings is 2. The second kappa shape index (κ2) is 8.90. The van der Waals surface area contributed by atoms with Gasteiger partial charge in [0.2, 0.25) is 0 Å². The lowest BCUT2D eigenvalue weighted by molar-refractivity contribution is 0.102. The van der Waals surface area contributed by atoms with E-state index < -0.39 is 0 Å². The molecular weight excluding hydrogens is 354 g/mol. The first kappa shape index (κ1) is 19.2. The van der Waals surface area contributed by atoms with Gasteiger partial charge in [0.05, 0.1) is 25.5 Å². The maximum Gasteiger partial charge on any atom is 0.257 e. The first-order valence-corrected chi connectivity index (χ1v) is 8.88. The summed E-state index contributed by atoms with van der Waals surface area (Å²) in [5.41, 5.74) is 3.38. The van der Waals surface area contributed by atoms with E-state index in [-0.39, 0.29) is 5.91 Å². The minimum absolute atomic E-state index is 0.274. The van der Waals surface area contributed by atoms with Crippen LogP contribution >= 0.6 is 0 Å². The van der Waals surface area contributed by atoms with E-state index in [1.807, 2.05) is 0 Å². The number of carbonyl (C=O) groups excluding carboxylic acids is 1. The van der Waals surface area contributed by atoms with E-state index in [4.69, 9.17) is 9.47 Å². The predicted molar refractivity (Wildman–Crippen MR) is 110 cm³/mol. The molecule has 1 amide bonds. The van der Waals surface area contributed by atoms with Gasteiger partial charge in [-0.15, -0.1) is 0 Å². The zero-order valence-electron chi connectivity index (χ0n) is 16.2. The molecule has 0 aliphatic carbocycles. The molecule has 0 saturated carbocycles. The van der Waals surface area contributed by atoms with Crippen molar-refractivity contribution in [2.45, 2.75) is 13.5 Å². The molecule has 144 valence electrons. The lowest BCUT2D eigenvalue weighted by Gasteiger charge is -2.12. The van der Waals surface area contributed by atoms with Crippen molar-refractivity contribution in [3.05, 3.63) is 77.5 Å². The van der Waals surface area contributed by atoms with Crippen LogP contribution < -0.4 is 20.1 Å². The van der Waals surface area contributed by atoms with Crippen molar-refractivity contribution in [1.29, 1.82) is 0 Å². The summed E-state index contributed by atoms with van der Waals surface area (Å²) in [7, 11) is 3.12. The normalized spacial score (nSPS) is 10.2. The molecule has 0 bridgehead atoms. The zero-order chi connectivity index (χ0) is 19.9. The van der Waals surface area contributed by atoms with Gasteiger partial charge in [-0.1, -0.05) is 29.8 Å². The summed E-state index contributed by atoms with van der Waals surface area (Å²) in [6, 6.07) is 17.0. The number of carbonyl (C=O) groups is 1. The van der Waals surface area contributed by atoms with Gasteiger partial charge in [-0.25, -0.2) is 4.98 Å². The highest BCUT2D eigenvalue weighted by Gasteiger charge is 2.11. The number of rotatable bonds is 7. The maximum atomic E-state index is 12.5. The van der Waals surface area contributed by atoms with E-state index in [0.717, 1.165) is 0 Å². The fraction of sp³-hybridized carbons (Fsp3) is 0.182. The van der Waals surface area contributed by atoms with Gasteiger partial charge in [0.1, 0.15) is 17.3 Å². The number of aromatic nitrogens is 1. The maximum absolute atomic E-state index is 12.5. The highest BCUT2D eigenvalue weighted by Crippen LogP contribution is 2.29. The molecule has 0 aliphatic rings. The third-order valence-corrected chi connectivity index (χ3v) is 4.27. The summed E-state index contributed by atoms with van der Waals surface area (Å²) in [5, 5.41) is 6.08. The lowest BCUT2D eigenvalue weighted by atomic mass is 10.1. The van der Waals surface area contributed by atoms with E-state index in [1.54, 1.807) is 50.7 Å². The molecule has 0 aliphatic heterocycles. The Bertz CT molecular complexity index is 938. The van der Waals surface area contributed by atoms with E-state index in [9.17, 15) is 4.79 Å². The van der Waals surface area contributed by atoms with Crippen molar-refractivity contribution < 1.29 is 14.3 Å². The summed E-state index contributed by atoms with van der Waals surface area (Å²) in [5.74, 6) is 1.61. The summed E-state index contributed by atoms with van der Waals surface area (Å²) < 4.78 is 10.5. The van der Waals surface area contributed by atoms with Crippen LogP contribution in [0.2, 0.25) is 0 Å². The molecule has 0 saturated heterocycles. The molecule has 6 nitrogen and oxygen atoms in total. The van der Waals surface area contributed by atoms with Gasteiger partial charge >= 0.3 is 0 Å². The smallest absolute Gasteiger partial charge is 0.257 e. The largest absolute Gasteiger partial charge is 0.497 e. The van der Waals surface area contributed by atoms with Gasteiger partial charge in [-0.2, -0.15) is 0 Å². The molecule has 3 aromatic rings. The van der Waals surface area contributed by atoms with Crippen molar-refractivity contribution in [2.75, 3.05) is 24.9 Å². The van der Waals surface area contributed by atoms with Gasteiger partial charge in [0, 0.05) is 18.8 Å². The van der Waals surface area contributed by atoms with Crippen molar-refractivity contribution in [3.8, 4) is 11.5 Å². The first-order valence-electron chi connectivity index (χ1n) is 8.88. The topological polar surface area (TPSA) is 72.5 Å². The summed E-state index contributed by atoms with van der Waals surface area (Å²) in [6.45, 7) is 2.73. The number of anilines is 2. The number of aryl methyl sites for hydroxylation is 1. The van der Waals surface area contributed by atoms with Crippen molar-refractivity contribution in [2.24, 2.45) is 0 Å². The van der Waals surface area contributed by atoms with Gasteiger partial charge < -0.3 is 20.1 Å². The Morgan fingerprint density at radius 2 is 1.79 bits per heavy atom. The number of ether oxygens (including phenoxy) is 2. The Balaban J connectivity index is 1.64. The third kappa shape index (κ3) is 4.79. The Morgan fingerprint density at radius 1 is 1.00 bits per heavy atom. The molecule has 2 aromatic carbocycles. The molecule has 0 atom stereocenters. The van der Waals surface area contributed by atoms with Crippen LogP contribution in [-0.4, -0.2) is 25.1 Å². The number of hydrogen-bond acceptors (Lipinski definition) is 5. The Hall–Kier alpha value is -3.54. The van der Waals surface area contributed by atoms with Crippen molar-refractivity contribution >= 4 is 17.4 Å². The van der Waals surface area contributed by atoms with Crippen LogP contribution in [0.3, 0.4) is 0 Å². The SMILES string of the molecule is COc1ccc(OC)c(NC(=O)c2ccc(NCc3ccc(C)cc3)nc2)c1. The molecule has 28 heavy (non-hydrogen) atoms. The zero-order valence-corrected chi connectivity index (χ0v) is 16.2. The second-order valence-electron chi connectivity index (χ2n) is 6.29. The predicted octanol–water partition coefficient (Wildman–Crippen LogP) is 4.27. The molecule has 2 N–H and O–H groups in total. The monoisotopic (exact) mass is 377 g/mol. The quantitative estimate of drug-likeness (QED) is 0.643. The number of nitrogens with zero attached hydrogens (tertiary/aromatic N) is 1. The molecule has 1 heterocycles. The molecule has 0 unspecified atom stereocenters. The van der Waals surface area contributed by atoms with Crippen LogP contribution in [0.25, 0.3) is 0 Å². The molecular formula is C22H23N3O3. The number of amides is 1. The Kier molecular flexibility index (Phi) is 6.11. The minimum Gasteiger partial charge on any atom is -0.497 e. The summed E-state index contributed by atoms with van der Waals surface area (Å²) in [6.07, 6.45) is 1.54. The molecule has 0 radical (unpaired) electrons. The number of nitrogens with one attached hydrogen (secondary N) is 2. The van der Waals surface area contributed by atoms with Crippen molar-refractivity contribution in [3.63, 3.8) is 0 Å². The molecule has 0 fully saturated rings. The Morgan fingerprint density at radius 3 is 2.43 bits per heavy atom. The summed E-state index contributed by atoms with van der Waals surface area (Å²) in [4.78, 5) is 16.9. The molecule has 3 rings (SSSR count). The van der Waals surface area contributed by atoms with Gasteiger partial charge in [-0.3, -0.25) is 4.79 Å². The Labute approximate surface area is 164 Å². The molecule has 1 aromatic heterocycles. The third-order valence-electron chi connectivity index (χ3n) is 4.27. The second-order valence-corrected chi connectivity index (χ2v) is 6.29. The molecule has 6 heteroatoms. The van der Waals surface area contributed by atoms with Crippen LogP contribution in [0.4, 0.5) is 11.5 Å². The minimum atomic E-state index is -0.274. The number of pyridine rings is 1. The fourth-order valence-corrected chi connectivity index (χ4v) is 2.64. The van der Waals surface area contributed by atoms with Gasteiger partial charge in [0.15, 0.2) is 0 Å². The van der Waals surface area contributed by atoms with E-state index in [0.29, 0.717) is 35.1 Å². The average Bonchev–Trinajstić information content (AvgIpc) is 2.73. The van der Waals surface area contributed by atoms with Crippen molar-refractivity contribution in [1.82, 2.24) is 4.98 Å². The average molecular weight is 377 g/mol. The van der Waals surface area contributed by atoms with Crippen LogP contribution in [0.1, 0.15) is 21.5 Å². The highest BCUT2D eigenvalue weighted by molar-refractivity contribution is 6.05. The van der Waals surface area contributed by atoms with E-state index in [1.165, 1.54) is 11.1 Å². The standard InChI is InChI=1S/C22H23N3O3/c1-15-4-6-16(7-5-15)13-23-21-11-8-17(14-24-21)22(26)25-19-12-18(27-2)9-10-20(19)28-3/h4-12,14H,13H2,1-3H3,(H,23,24)(H,25,26). The number of methoxy groups -OCH3 is 2. The summed E-state index contributed by atoms with van der Waals surface area (Å²) >= 11 is 0. The van der Waals surface area contributed by atoms with Crippen LogP contribution in [0.5, 0.6) is 11.5 Å². The van der Waals surface area contributed by atoms with Gasteiger partial charge in [-0.05, 0) is 36.8 Å². The fourth-order valence-electron chi connectivity index (χ4n) is 2.64. The lowest BCUT2D eigenvalue weighted by Crippen LogP contribution is -2.13. The first-order chi connectivity index (χ1) is 13.6. The van der Waals surface area contributed by atoms with Gasteiger partial charge in [0.25, 0.3) is 5.91 Å².